The highest BCUT2D eigenvalue weighted by molar-refractivity contribution is 7.89. The largest absolute Gasteiger partial charge is 0.464 e. The van der Waals surface area contributed by atoms with Gasteiger partial charge in [0.25, 0.3) is 10.0 Å². The number of carboxylic acid groups (broad SMARTS) is 1. The van der Waals surface area contributed by atoms with Gasteiger partial charge in [-0.25, -0.2) is 22.2 Å². The number of aryl methyl sites for hydroxylation is 2. The standard InChI is InChI=1S/C28H26F3N3O4S/c1-18-7-13-25(14-8-18)39(37,38)33(27(35)36)16-15-21-9-11-24(12-10-21)34-20(3)26(19(2)32-34)22-5-4-6-23(17-22)28(29,30)31/h4-14,17H,15-16H2,1-3H3,(H,35,36). The fraction of sp³-hybridized carbons (Fsp3) is 0.214. The van der Waals surface area contributed by atoms with Crippen LogP contribution in [0.3, 0.4) is 0 Å². The first kappa shape index (κ1) is 27.9. The van der Waals surface area contributed by atoms with E-state index < -0.39 is 27.9 Å². The summed E-state index contributed by atoms with van der Waals surface area (Å²) in [6.45, 7) is 5.02. The highest BCUT2D eigenvalue weighted by Crippen LogP contribution is 2.34. The van der Waals surface area contributed by atoms with E-state index in [-0.39, 0.29) is 17.9 Å². The molecule has 0 aliphatic heterocycles. The van der Waals surface area contributed by atoms with Gasteiger partial charge in [0.2, 0.25) is 0 Å². The molecule has 0 aliphatic carbocycles. The van der Waals surface area contributed by atoms with Crippen LogP contribution in [-0.4, -0.2) is 40.2 Å². The van der Waals surface area contributed by atoms with E-state index >= 15 is 0 Å². The van der Waals surface area contributed by atoms with E-state index in [1.165, 1.54) is 18.2 Å². The van der Waals surface area contributed by atoms with Gasteiger partial charge in [-0.15, -0.1) is 0 Å². The number of nitrogens with zero attached hydrogens (tertiary/aromatic N) is 3. The Morgan fingerprint density at radius 3 is 2.21 bits per heavy atom. The molecule has 0 spiro atoms. The maximum atomic E-state index is 13.2. The van der Waals surface area contributed by atoms with Crippen LogP contribution >= 0.6 is 0 Å². The topological polar surface area (TPSA) is 92.5 Å². The second kappa shape index (κ2) is 10.6. The highest BCUT2D eigenvalue weighted by Gasteiger charge is 2.31. The number of carbonyl (C=O) groups is 1. The third kappa shape index (κ3) is 5.83. The van der Waals surface area contributed by atoms with Crippen molar-refractivity contribution in [1.82, 2.24) is 14.1 Å². The Morgan fingerprint density at radius 2 is 1.62 bits per heavy atom. The lowest BCUT2D eigenvalue weighted by Crippen LogP contribution is -2.37. The van der Waals surface area contributed by atoms with E-state index in [9.17, 15) is 31.5 Å². The monoisotopic (exact) mass is 557 g/mol. The molecule has 39 heavy (non-hydrogen) atoms. The maximum Gasteiger partial charge on any atom is 0.421 e. The van der Waals surface area contributed by atoms with Crippen molar-refractivity contribution in [3.63, 3.8) is 0 Å². The fourth-order valence-corrected chi connectivity index (χ4v) is 5.63. The Morgan fingerprint density at radius 1 is 0.974 bits per heavy atom. The zero-order valence-corrected chi connectivity index (χ0v) is 22.2. The first-order valence-electron chi connectivity index (χ1n) is 11.9. The molecule has 0 radical (unpaired) electrons. The number of halogens is 3. The van der Waals surface area contributed by atoms with Crippen molar-refractivity contribution in [1.29, 1.82) is 0 Å². The van der Waals surface area contributed by atoms with E-state index in [1.54, 1.807) is 67.9 Å². The molecule has 0 unspecified atom stereocenters. The second-order valence-electron chi connectivity index (χ2n) is 9.13. The van der Waals surface area contributed by atoms with Gasteiger partial charge in [0.15, 0.2) is 0 Å². The average molecular weight is 558 g/mol. The van der Waals surface area contributed by atoms with Crippen molar-refractivity contribution in [2.45, 2.75) is 38.3 Å². The third-order valence-corrected chi connectivity index (χ3v) is 8.16. The first-order valence-corrected chi connectivity index (χ1v) is 13.4. The SMILES string of the molecule is Cc1ccc(S(=O)(=O)N(CCc2ccc(-n3nc(C)c(-c4cccc(C(F)(F)F)c4)c3C)cc2)C(=O)O)cc1. The lowest BCUT2D eigenvalue weighted by atomic mass is 10.0. The number of alkyl halides is 3. The zero-order valence-electron chi connectivity index (χ0n) is 21.4. The normalized spacial score (nSPS) is 11.9. The molecule has 1 heterocycles. The summed E-state index contributed by atoms with van der Waals surface area (Å²) in [6, 6.07) is 18.0. The number of hydrogen-bond donors (Lipinski definition) is 1. The molecule has 204 valence electrons. The molecule has 1 N–H and O–H groups in total. The summed E-state index contributed by atoms with van der Waals surface area (Å²) in [7, 11) is -4.24. The minimum Gasteiger partial charge on any atom is -0.464 e. The van der Waals surface area contributed by atoms with Crippen molar-refractivity contribution < 1.29 is 31.5 Å². The molecule has 0 bridgehead atoms. The third-order valence-electron chi connectivity index (χ3n) is 6.38. The molecule has 0 saturated heterocycles. The van der Waals surface area contributed by atoms with E-state index in [2.05, 4.69) is 5.10 Å². The van der Waals surface area contributed by atoms with E-state index in [0.29, 0.717) is 38.1 Å². The molecule has 0 atom stereocenters. The molecule has 3 aromatic carbocycles. The Balaban J connectivity index is 1.55. The summed E-state index contributed by atoms with van der Waals surface area (Å²) in [5.41, 5.74) is 3.69. The summed E-state index contributed by atoms with van der Waals surface area (Å²) in [4.78, 5) is 11.7. The van der Waals surface area contributed by atoms with Crippen LogP contribution in [0.1, 0.15) is 28.1 Å². The Bertz CT molecular complexity index is 1610. The lowest BCUT2D eigenvalue weighted by molar-refractivity contribution is -0.137. The molecule has 4 aromatic rings. The molecule has 1 aromatic heterocycles. The number of sulfonamides is 1. The van der Waals surface area contributed by atoms with Crippen molar-refractivity contribution >= 4 is 16.1 Å². The summed E-state index contributed by atoms with van der Waals surface area (Å²) in [5.74, 6) is 0. The highest BCUT2D eigenvalue weighted by atomic mass is 32.2. The second-order valence-corrected chi connectivity index (χ2v) is 11.0. The maximum absolute atomic E-state index is 13.2. The van der Waals surface area contributed by atoms with Crippen molar-refractivity contribution in [2.75, 3.05) is 6.54 Å². The van der Waals surface area contributed by atoms with E-state index in [4.69, 9.17) is 0 Å². The Labute approximate surface area is 224 Å². The van der Waals surface area contributed by atoms with Gasteiger partial charge in [0.1, 0.15) is 0 Å². The van der Waals surface area contributed by atoms with Crippen LogP contribution in [0.4, 0.5) is 18.0 Å². The average Bonchev–Trinajstić information content (AvgIpc) is 3.17. The van der Waals surface area contributed by atoms with Gasteiger partial charge in [0, 0.05) is 17.8 Å². The van der Waals surface area contributed by atoms with Crippen LogP contribution in [0.15, 0.2) is 77.7 Å². The van der Waals surface area contributed by atoms with Crippen molar-refractivity contribution in [3.8, 4) is 16.8 Å². The molecule has 11 heteroatoms. The van der Waals surface area contributed by atoms with Crippen LogP contribution in [0, 0.1) is 20.8 Å². The molecular weight excluding hydrogens is 531 g/mol. The quantitative estimate of drug-likeness (QED) is 0.284. The van der Waals surface area contributed by atoms with Crippen LogP contribution in [-0.2, 0) is 22.6 Å². The van der Waals surface area contributed by atoms with Crippen LogP contribution < -0.4 is 0 Å². The predicted octanol–water partition coefficient (Wildman–Crippen LogP) is 6.39. The van der Waals surface area contributed by atoms with Crippen molar-refractivity contribution in [3.05, 3.63) is 101 Å². The van der Waals surface area contributed by atoms with Gasteiger partial charge in [-0.05, 0) is 74.7 Å². The van der Waals surface area contributed by atoms with Gasteiger partial charge in [-0.2, -0.15) is 18.3 Å². The lowest BCUT2D eigenvalue weighted by Gasteiger charge is -2.19. The molecule has 7 nitrogen and oxygen atoms in total. The van der Waals surface area contributed by atoms with E-state index in [1.807, 2.05) is 0 Å². The van der Waals surface area contributed by atoms with Gasteiger partial charge in [-0.3, -0.25) is 0 Å². The smallest absolute Gasteiger partial charge is 0.421 e. The van der Waals surface area contributed by atoms with Gasteiger partial charge >= 0.3 is 12.3 Å². The molecule has 0 aliphatic rings. The molecular formula is C28H26F3N3O4S. The first-order chi connectivity index (χ1) is 18.3. The molecule has 0 fully saturated rings. The van der Waals surface area contributed by atoms with Crippen LogP contribution in [0.2, 0.25) is 0 Å². The number of hydrogen-bond acceptors (Lipinski definition) is 4. The number of aromatic nitrogens is 2. The number of rotatable bonds is 7. The molecule has 4 rings (SSSR count). The number of amides is 1. The Kier molecular flexibility index (Phi) is 7.56. The van der Waals surface area contributed by atoms with E-state index in [0.717, 1.165) is 17.7 Å². The van der Waals surface area contributed by atoms with Crippen LogP contribution in [0.25, 0.3) is 16.8 Å². The van der Waals surface area contributed by atoms with Gasteiger partial charge in [0.05, 0.1) is 21.8 Å². The molecule has 1 amide bonds. The minimum atomic E-state index is -4.46. The van der Waals surface area contributed by atoms with Gasteiger partial charge < -0.3 is 5.11 Å². The molecule has 0 saturated carbocycles. The van der Waals surface area contributed by atoms with Crippen LogP contribution in [0.5, 0.6) is 0 Å². The number of benzene rings is 3. The summed E-state index contributed by atoms with van der Waals surface area (Å²) in [6.07, 6.45) is -5.89. The van der Waals surface area contributed by atoms with Gasteiger partial charge in [-0.1, -0.05) is 42.0 Å². The fourth-order valence-electron chi connectivity index (χ4n) is 4.35. The zero-order chi connectivity index (χ0) is 28.5. The summed E-state index contributed by atoms with van der Waals surface area (Å²) in [5, 5.41) is 14.1. The summed E-state index contributed by atoms with van der Waals surface area (Å²) < 4.78 is 67.5. The summed E-state index contributed by atoms with van der Waals surface area (Å²) >= 11 is 0. The van der Waals surface area contributed by atoms with Crippen molar-refractivity contribution in [2.24, 2.45) is 0 Å². The minimum absolute atomic E-state index is 0.105. The Hall–Kier alpha value is -4.12. The predicted molar refractivity (Wildman–Crippen MR) is 140 cm³/mol.